The fourth-order valence-corrected chi connectivity index (χ4v) is 4.65. The summed E-state index contributed by atoms with van der Waals surface area (Å²) in [7, 11) is 3.33. The molecule has 1 aliphatic heterocycles. The van der Waals surface area contributed by atoms with Crippen molar-refractivity contribution >= 4 is 34.6 Å². The second-order valence-electron chi connectivity index (χ2n) is 8.58. The van der Waals surface area contributed by atoms with Gasteiger partial charge < -0.3 is 9.47 Å². The zero-order valence-electron chi connectivity index (χ0n) is 20.4. The number of amidine groups is 1. The van der Waals surface area contributed by atoms with E-state index in [-0.39, 0.29) is 16.4 Å². The first-order valence-electron chi connectivity index (χ1n) is 11.2. The number of anilines is 1. The monoisotopic (exact) mass is 492 g/mol. The predicted molar refractivity (Wildman–Crippen MR) is 140 cm³/mol. The SMILES string of the molecule is COc1cc(/C=C2\SC(=N)N(c3c(C)n(C)n(-c4ccccc4)c3=O)C2=O)ccc1OCC(C)C. The van der Waals surface area contributed by atoms with Gasteiger partial charge in [-0.15, -0.1) is 0 Å². The number of hydrogen-bond donors (Lipinski definition) is 1. The second-order valence-corrected chi connectivity index (χ2v) is 9.61. The van der Waals surface area contributed by atoms with Crippen LogP contribution in [0.25, 0.3) is 11.8 Å². The highest BCUT2D eigenvalue weighted by Crippen LogP contribution is 2.37. The zero-order valence-corrected chi connectivity index (χ0v) is 21.2. The number of thioether (sulfide) groups is 1. The van der Waals surface area contributed by atoms with E-state index in [0.717, 1.165) is 17.3 Å². The standard InChI is InChI=1S/C26H28N4O4S/c1-16(2)15-34-20-12-11-18(13-21(20)33-5)14-22-24(31)29(26(27)35-22)23-17(3)28(4)30(25(23)32)19-9-7-6-8-10-19/h6-14,16,27H,15H2,1-5H3/b22-14-,27-26?. The van der Waals surface area contributed by atoms with E-state index in [0.29, 0.717) is 40.3 Å². The largest absolute Gasteiger partial charge is 0.493 e. The van der Waals surface area contributed by atoms with E-state index in [1.807, 2.05) is 36.4 Å². The number of amides is 1. The molecule has 2 heterocycles. The number of ether oxygens (including phenoxy) is 2. The summed E-state index contributed by atoms with van der Waals surface area (Å²) in [5.74, 6) is 1.15. The van der Waals surface area contributed by atoms with Crippen LogP contribution in [0.3, 0.4) is 0 Å². The number of rotatable bonds is 7. The molecule has 1 fully saturated rings. The molecular formula is C26H28N4O4S. The summed E-state index contributed by atoms with van der Waals surface area (Å²) in [6, 6.07) is 14.6. The van der Waals surface area contributed by atoms with Gasteiger partial charge in [-0.1, -0.05) is 38.1 Å². The van der Waals surface area contributed by atoms with Gasteiger partial charge in [-0.05, 0) is 60.5 Å². The number of aromatic nitrogens is 2. The van der Waals surface area contributed by atoms with E-state index in [9.17, 15) is 9.59 Å². The lowest BCUT2D eigenvalue weighted by atomic mass is 10.1. The second kappa shape index (κ2) is 9.87. The summed E-state index contributed by atoms with van der Waals surface area (Å²) in [6.07, 6.45) is 1.70. The molecule has 182 valence electrons. The van der Waals surface area contributed by atoms with Crippen LogP contribution in [0.1, 0.15) is 25.1 Å². The van der Waals surface area contributed by atoms with Crippen LogP contribution in [-0.2, 0) is 11.8 Å². The van der Waals surface area contributed by atoms with Crippen LogP contribution < -0.4 is 19.9 Å². The third kappa shape index (κ3) is 4.64. The van der Waals surface area contributed by atoms with E-state index < -0.39 is 5.91 Å². The Morgan fingerprint density at radius 3 is 2.46 bits per heavy atom. The summed E-state index contributed by atoms with van der Waals surface area (Å²) < 4.78 is 14.5. The van der Waals surface area contributed by atoms with E-state index in [1.54, 1.807) is 44.0 Å². The number of benzene rings is 2. The molecule has 0 atom stereocenters. The normalized spacial score (nSPS) is 14.9. The Labute approximate surface area is 208 Å². The van der Waals surface area contributed by atoms with Crippen LogP contribution in [-0.4, -0.2) is 34.2 Å². The lowest BCUT2D eigenvalue weighted by Gasteiger charge is -2.13. The Balaban J connectivity index is 1.68. The minimum Gasteiger partial charge on any atom is -0.493 e. The highest BCUT2D eigenvalue weighted by Gasteiger charge is 2.38. The lowest BCUT2D eigenvalue weighted by Crippen LogP contribution is -2.33. The molecule has 0 spiro atoms. The third-order valence-electron chi connectivity index (χ3n) is 5.63. The van der Waals surface area contributed by atoms with Gasteiger partial charge in [-0.2, -0.15) is 0 Å². The van der Waals surface area contributed by atoms with Gasteiger partial charge in [0.25, 0.3) is 11.5 Å². The molecule has 0 radical (unpaired) electrons. The fraction of sp³-hybridized carbons (Fsp3) is 0.269. The highest BCUT2D eigenvalue weighted by molar-refractivity contribution is 8.19. The van der Waals surface area contributed by atoms with E-state index in [4.69, 9.17) is 14.9 Å². The van der Waals surface area contributed by atoms with Gasteiger partial charge in [-0.25, -0.2) is 9.58 Å². The van der Waals surface area contributed by atoms with Gasteiger partial charge in [0, 0.05) is 7.05 Å². The molecule has 0 aliphatic carbocycles. The minimum atomic E-state index is -0.412. The molecule has 1 saturated heterocycles. The van der Waals surface area contributed by atoms with Crippen molar-refractivity contribution in [2.24, 2.45) is 13.0 Å². The molecule has 0 bridgehead atoms. The van der Waals surface area contributed by atoms with Crippen LogP contribution >= 0.6 is 11.8 Å². The number of para-hydroxylation sites is 1. The molecule has 1 aromatic heterocycles. The molecule has 4 rings (SSSR count). The van der Waals surface area contributed by atoms with Gasteiger partial charge in [0.1, 0.15) is 5.69 Å². The van der Waals surface area contributed by atoms with E-state index >= 15 is 0 Å². The minimum absolute atomic E-state index is 0.0175. The molecule has 35 heavy (non-hydrogen) atoms. The molecule has 0 unspecified atom stereocenters. The molecule has 2 aromatic carbocycles. The topological polar surface area (TPSA) is 89.5 Å². The quantitative estimate of drug-likeness (QED) is 0.488. The fourth-order valence-electron chi connectivity index (χ4n) is 3.80. The zero-order chi connectivity index (χ0) is 25.3. The smallest absolute Gasteiger partial charge is 0.296 e. The molecule has 3 aromatic rings. The van der Waals surface area contributed by atoms with Gasteiger partial charge in [0.15, 0.2) is 16.7 Å². The molecular weight excluding hydrogens is 464 g/mol. The molecule has 9 heteroatoms. The summed E-state index contributed by atoms with van der Waals surface area (Å²) >= 11 is 1.02. The van der Waals surface area contributed by atoms with Gasteiger partial charge in [-0.3, -0.25) is 19.7 Å². The van der Waals surface area contributed by atoms with Crippen molar-refractivity contribution in [2.75, 3.05) is 18.6 Å². The number of carbonyl (C=O) groups excluding carboxylic acids is 1. The molecule has 8 nitrogen and oxygen atoms in total. The lowest BCUT2D eigenvalue weighted by molar-refractivity contribution is -0.113. The van der Waals surface area contributed by atoms with Crippen LogP contribution in [0, 0.1) is 18.3 Å². The summed E-state index contributed by atoms with van der Waals surface area (Å²) in [6.45, 7) is 6.47. The maximum Gasteiger partial charge on any atom is 0.296 e. The van der Waals surface area contributed by atoms with Crippen molar-refractivity contribution in [3.63, 3.8) is 0 Å². The first kappa shape index (κ1) is 24.4. The average Bonchev–Trinajstić information content (AvgIpc) is 3.23. The van der Waals surface area contributed by atoms with Crippen LogP contribution in [0.15, 0.2) is 58.2 Å². The number of carbonyl (C=O) groups is 1. The average molecular weight is 493 g/mol. The van der Waals surface area contributed by atoms with Crippen molar-refractivity contribution in [1.82, 2.24) is 9.36 Å². The van der Waals surface area contributed by atoms with Crippen molar-refractivity contribution in [3.8, 4) is 17.2 Å². The van der Waals surface area contributed by atoms with Gasteiger partial charge in [0.05, 0.1) is 30.0 Å². The van der Waals surface area contributed by atoms with Crippen molar-refractivity contribution in [1.29, 1.82) is 5.41 Å². The molecule has 1 N–H and O–H groups in total. The maximum atomic E-state index is 13.4. The Kier molecular flexibility index (Phi) is 6.88. The number of nitrogens with zero attached hydrogens (tertiary/aromatic N) is 3. The van der Waals surface area contributed by atoms with Gasteiger partial charge in [0.2, 0.25) is 0 Å². The van der Waals surface area contributed by atoms with Crippen LogP contribution in [0.2, 0.25) is 0 Å². The van der Waals surface area contributed by atoms with E-state index in [2.05, 4.69) is 13.8 Å². The summed E-state index contributed by atoms with van der Waals surface area (Å²) in [5, 5.41) is 8.46. The van der Waals surface area contributed by atoms with Crippen LogP contribution in [0.4, 0.5) is 5.69 Å². The van der Waals surface area contributed by atoms with E-state index in [1.165, 1.54) is 9.58 Å². The van der Waals surface area contributed by atoms with Crippen LogP contribution in [0.5, 0.6) is 11.5 Å². The van der Waals surface area contributed by atoms with Crippen molar-refractivity contribution < 1.29 is 14.3 Å². The van der Waals surface area contributed by atoms with Crippen molar-refractivity contribution in [3.05, 3.63) is 75.0 Å². The number of nitrogens with one attached hydrogen (secondary N) is 1. The Bertz CT molecular complexity index is 1370. The van der Waals surface area contributed by atoms with Gasteiger partial charge >= 0.3 is 0 Å². The first-order valence-corrected chi connectivity index (χ1v) is 12.0. The molecule has 1 amide bonds. The van der Waals surface area contributed by atoms with Crippen molar-refractivity contribution in [2.45, 2.75) is 20.8 Å². The number of hydrogen-bond acceptors (Lipinski definition) is 6. The molecule has 0 saturated carbocycles. The Hall–Kier alpha value is -3.72. The summed E-state index contributed by atoms with van der Waals surface area (Å²) in [4.78, 5) is 28.3. The Morgan fingerprint density at radius 1 is 1.09 bits per heavy atom. The highest BCUT2D eigenvalue weighted by atomic mass is 32.2. The number of methoxy groups -OCH3 is 1. The summed E-state index contributed by atoms with van der Waals surface area (Å²) in [5.41, 5.74) is 1.83. The Morgan fingerprint density at radius 2 is 1.80 bits per heavy atom. The molecule has 1 aliphatic rings. The predicted octanol–water partition coefficient (Wildman–Crippen LogP) is 4.58. The maximum absolute atomic E-state index is 13.4. The third-order valence-corrected chi connectivity index (χ3v) is 6.52. The first-order chi connectivity index (χ1) is 16.7.